The van der Waals surface area contributed by atoms with Crippen molar-refractivity contribution in [1.29, 1.82) is 0 Å². The number of hydrogen-bond acceptors (Lipinski definition) is 4. The molecule has 0 aromatic heterocycles. The van der Waals surface area contributed by atoms with Crippen LogP contribution in [0.25, 0.3) is 0 Å². The maximum atomic E-state index is 12.9. The van der Waals surface area contributed by atoms with Crippen molar-refractivity contribution in [3.63, 3.8) is 0 Å². The van der Waals surface area contributed by atoms with E-state index in [4.69, 9.17) is 8.92 Å². The van der Waals surface area contributed by atoms with Crippen LogP contribution in [0.3, 0.4) is 0 Å². The molecule has 3 rings (SSSR count). The molecule has 0 N–H and O–H groups in total. The molecule has 4 nitrogen and oxygen atoms in total. The molecule has 0 aromatic carbocycles. The molecule has 152 valence electrons. The molecule has 0 spiro atoms. The molecule has 3 aliphatic rings. The largest absolute Gasteiger partial charge is 0.375 e. The third kappa shape index (κ3) is 5.93. The number of rotatable bonds is 7. The highest BCUT2D eigenvalue weighted by molar-refractivity contribution is 7.87. The van der Waals surface area contributed by atoms with Crippen LogP contribution in [0.5, 0.6) is 0 Å². The van der Waals surface area contributed by atoms with Gasteiger partial charge in [-0.3, -0.25) is 4.18 Å². The molecular formula is C21H38O4S. The maximum absolute atomic E-state index is 12.9. The molecule has 0 heterocycles. The van der Waals surface area contributed by atoms with Gasteiger partial charge in [0, 0.05) is 0 Å². The van der Waals surface area contributed by atoms with Crippen molar-refractivity contribution in [3.05, 3.63) is 0 Å². The van der Waals surface area contributed by atoms with Crippen molar-refractivity contribution in [1.82, 2.24) is 0 Å². The fraction of sp³-hybridized carbons (Fsp3) is 1.00. The summed E-state index contributed by atoms with van der Waals surface area (Å²) in [6.45, 7) is 2.67. The van der Waals surface area contributed by atoms with Crippen LogP contribution in [0.1, 0.15) is 96.8 Å². The third-order valence-corrected chi connectivity index (χ3v) is 8.66. The van der Waals surface area contributed by atoms with E-state index in [1.165, 1.54) is 38.5 Å². The lowest BCUT2D eigenvalue weighted by atomic mass is 9.85. The predicted molar refractivity (Wildman–Crippen MR) is 105 cm³/mol. The highest BCUT2D eigenvalue weighted by atomic mass is 32.2. The van der Waals surface area contributed by atoms with Crippen LogP contribution >= 0.6 is 0 Å². The van der Waals surface area contributed by atoms with Gasteiger partial charge < -0.3 is 4.74 Å². The van der Waals surface area contributed by atoms with Gasteiger partial charge in [0.05, 0.1) is 18.0 Å². The second-order valence-corrected chi connectivity index (χ2v) is 10.8. The van der Waals surface area contributed by atoms with E-state index >= 15 is 0 Å². The van der Waals surface area contributed by atoms with Crippen LogP contribution in [0.4, 0.5) is 0 Å². The first-order chi connectivity index (χ1) is 12.5. The number of ether oxygens (including phenoxy) is 1. The molecule has 0 aliphatic heterocycles. The van der Waals surface area contributed by atoms with Crippen molar-refractivity contribution in [2.75, 3.05) is 6.61 Å². The molecule has 3 saturated carbocycles. The number of hydrogen-bond donors (Lipinski definition) is 0. The fourth-order valence-corrected chi connectivity index (χ4v) is 6.54. The van der Waals surface area contributed by atoms with E-state index in [1.807, 2.05) is 0 Å². The topological polar surface area (TPSA) is 52.6 Å². The maximum Gasteiger partial charge on any atom is 0.270 e. The summed E-state index contributed by atoms with van der Waals surface area (Å²) in [5.41, 5.74) is 0. The molecule has 0 aromatic rings. The smallest absolute Gasteiger partial charge is 0.270 e. The Morgan fingerprint density at radius 3 is 2.00 bits per heavy atom. The van der Waals surface area contributed by atoms with Crippen molar-refractivity contribution in [2.45, 2.75) is 114 Å². The van der Waals surface area contributed by atoms with Crippen LogP contribution in [-0.2, 0) is 19.0 Å². The normalized spacial score (nSPS) is 31.0. The summed E-state index contributed by atoms with van der Waals surface area (Å²) < 4.78 is 37.9. The Hall–Kier alpha value is -0.130. The van der Waals surface area contributed by atoms with Gasteiger partial charge in [-0.2, -0.15) is 8.42 Å². The average molecular weight is 387 g/mol. The first-order valence-electron chi connectivity index (χ1n) is 11.1. The molecule has 0 radical (unpaired) electrons. The Morgan fingerprint density at radius 2 is 1.38 bits per heavy atom. The Balaban J connectivity index is 1.60. The van der Waals surface area contributed by atoms with Gasteiger partial charge in [-0.25, -0.2) is 0 Å². The minimum Gasteiger partial charge on any atom is -0.375 e. The SMILES string of the molecule is CC1CCC(S(=O)(=O)OC(COC2CCCCC2)C2CCCCC2)CC1. The second-order valence-electron chi connectivity index (χ2n) is 9.00. The van der Waals surface area contributed by atoms with Gasteiger partial charge in [-0.05, 0) is 63.2 Å². The van der Waals surface area contributed by atoms with E-state index in [0.29, 0.717) is 24.5 Å². The Kier molecular flexibility index (Phi) is 7.83. The summed E-state index contributed by atoms with van der Waals surface area (Å²) in [5.74, 6) is 0.981. The molecule has 0 amide bonds. The van der Waals surface area contributed by atoms with Gasteiger partial charge in [0.1, 0.15) is 6.10 Å². The van der Waals surface area contributed by atoms with Crippen molar-refractivity contribution < 1.29 is 17.3 Å². The third-order valence-electron chi connectivity index (χ3n) is 6.85. The van der Waals surface area contributed by atoms with Crippen LogP contribution < -0.4 is 0 Å². The van der Waals surface area contributed by atoms with Crippen LogP contribution in [-0.4, -0.2) is 32.5 Å². The zero-order chi connectivity index (χ0) is 18.4. The molecule has 1 atom stereocenters. The summed E-state index contributed by atoms with van der Waals surface area (Å²) in [4.78, 5) is 0. The van der Waals surface area contributed by atoms with Gasteiger partial charge in [-0.1, -0.05) is 45.4 Å². The highest BCUT2D eigenvalue weighted by Crippen LogP contribution is 2.33. The summed E-state index contributed by atoms with van der Waals surface area (Å²) in [7, 11) is -3.49. The summed E-state index contributed by atoms with van der Waals surface area (Å²) in [5, 5.41) is -0.306. The predicted octanol–water partition coefficient (Wildman–Crippen LogP) is 5.21. The Bertz CT molecular complexity index is 498. The lowest BCUT2D eigenvalue weighted by Crippen LogP contribution is -2.38. The van der Waals surface area contributed by atoms with Gasteiger partial charge in [0.25, 0.3) is 10.1 Å². The lowest BCUT2D eigenvalue weighted by Gasteiger charge is -2.33. The molecule has 26 heavy (non-hydrogen) atoms. The molecule has 0 saturated heterocycles. The van der Waals surface area contributed by atoms with E-state index in [9.17, 15) is 8.42 Å². The zero-order valence-corrected chi connectivity index (χ0v) is 17.4. The highest BCUT2D eigenvalue weighted by Gasteiger charge is 2.36. The quantitative estimate of drug-likeness (QED) is 0.564. The summed E-state index contributed by atoms with van der Waals surface area (Å²) in [6, 6.07) is 0. The molecule has 0 bridgehead atoms. The van der Waals surface area contributed by atoms with Crippen LogP contribution in [0, 0.1) is 11.8 Å². The van der Waals surface area contributed by atoms with Crippen molar-refractivity contribution in [2.24, 2.45) is 11.8 Å². The Morgan fingerprint density at radius 1 is 0.808 bits per heavy atom. The Labute approximate surface area is 160 Å². The zero-order valence-electron chi connectivity index (χ0n) is 16.5. The minimum atomic E-state index is -3.49. The van der Waals surface area contributed by atoms with E-state index in [0.717, 1.165) is 51.4 Å². The van der Waals surface area contributed by atoms with Gasteiger partial charge in [0.15, 0.2) is 0 Å². The molecule has 1 unspecified atom stereocenters. The molecule has 3 fully saturated rings. The van der Waals surface area contributed by atoms with Gasteiger partial charge in [-0.15, -0.1) is 0 Å². The van der Waals surface area contributed by atoms with Gasteiger partial charge >= 0.3 is 0 Å². The molecule has 5 heteroatoms. The van der Waals surface area contributed by atoms with E-state index in [2.05, 4.69) is 6.92 Å². The summed E-state index contributed by atoms with van der Waals surface area (Å²) >= 11 is 0. The lowest BCUT2D eigenvalue weighted by molar-refractivity contribution is -0.0365. The first kappa shape index (κ1) is 20.6. The second kappa shape index (κ2) is 9.88. The van der Waals surface area contributed by atoms with E-state index < -0.39 is 10.1 Å². The monoisotopic (exact) mass is 386 g/mol. The van der Waals surface area contributed by atoms with Crippen LogP contribution in [0.15, 0.2) is 0 Å². The van der Waals surface area contributed by atoms with Crippen molar-refractivity contribution in [3.8, 4) is 0 Å². The average Bonchev–Trinajstić information content (AvgIpc) is 2.67. The van der Waals surface area contributed by atoms with E-state index in [-0.39, 0.29) is 11.4 Å². The van der Waals surface area contributed by atoms with Crippen LogP contribution in [0.2, 0.25) is 0 Å². The van der Waals surface area contributed by atoms with E-state index in [1.54, 1.807) is 0 Å². The standard InChI is InChI=1S/C21H38O4S/c1-17-12-14-20(15-13-17)26(22,23)25-21(18-8-4-2-5-9-18)16-24-19-10-6-3-7-11-19/h17-21H,2-16H2,1H3. The molecular weight excluding hydrogens is 348 g/mol. The molecule has 3 aliphatic carbocycles. The minimum absolute atomic E-state index is 0.276. The first-order valence-corrected chi connectivity index (χ1v) is 12.6. The fourth-order valence-electron chi connectivity index (χ4n) is 4.98. The summed E-state index contributed by atoms with van der Waals surface area (Å²) in [6.07, 6.45) is 15.3. The van der Waals surface area contributed by atoms with Crippen molar-refractivity contribution >= 4 is 10.1 Å². The van der Waals surface area contributed by atoms with Gasteiger partial charge in [0.2, 0.25) is 0 Å².